The van der Waals surface area contributed by atoms with E-state index in [9.17, 15) is 4.79 Å². The first-order valence-corrected chi connectivity index (χ1v) is 4.20. The van der Waals surface area contributed by atoms with Crippen LogP contribution in [0.25, 0.3) is 0 Å². The van der Waals surface area contributed by atoms with E-state index in [0.717, 1.165) is 0 Å². The quantitative estimate of drug-likeness (QED) is 0.706. The van der Waals surface area contributed by atoms with Crippen molar-refractivity contribution < 1.29 is 4.79 Å². The number of hydrogen-bond donors (Lipinski definition) is 2. The van der Waals surface area contributed by atoms with E-state index in [1.54, 1.807) is 13.8 Å². The van der Waals surface area contributed by atoms with Crippen LogP contribution in [-0.2, 0) is 0 Å². The molecule has 0 saturated carbocycles. The van der Waals surface area contributed by atoms with E-state index >= 15 is 0 Å². The molecule has 0 aliphatic rings. The lowest BCUT2D eigenvalue weighted by atomic mass is 10.2. The van der Waals surface area contributed by atoms with Crippen molar-refractivity contribution >= 4 is 5.91 Å². The number of carbonyl (C=O) groups is 1. The molecule has 0 fully saturated rings. The van der Waals surface area contributed by atoms with Gasteiger partial charge in [0.05, 0.1) is 12.0 Å². The number of aryl methyl sites for hydroxylation is 1. The topological polar surface area (TPSA) is 94.5 Å². The Morgan fingerprint density at radius 1 is 1.79 bits per heavy atom. The Morgan fingerprint density at radius 2 is 2.50 bits per heavy atom. The van der Waals surface area contributed by atoms with Gasteiger partial charge in [0.2, 0.25) is 5.82 Å². The van der Waals surface area contributed by atoms with Crippen LogP contribution in [0.4, 0.5) is 0 Å². The van der Waals surface area contributed by atoms with E-state index in [1.165, 1.54) is 0 Å². The number of nitriles is 1. The highest BCUT2D eigenvalue weighted by atomic mass is 16.2. The van der Waals surface area contributed by atoms with E-state index in [-0.39, 0.29) is 17.6 Å². The molecule has 6 heteroatoms. The van der Waals surface area contributed by atoms with Gasteiger partial charge in [0.25, 0.3) is 5.91 Å². The van der Waals surface area contributed by atoms with E-state index in [2.05, 4.69) is 20.5 Å². The maximum atomic E-state index is 11.3. The molecule has 0 aliphatic heterocycles. The summed E-state index contributed by atoms with van der Waals surface area (Å²) >= 11 is 0. The van der Waals surface area contributed by atoms with Crippen molar-refractivity contribution in [2.24, 2.45) is 5.92 Å². The minimum atomic E-state index is -0.364. The summed E-state index contributed by atoms with van der Waals surface area (Å²) in [7, 11) is 0. The third-order valence-electron chi connectivity index (χ3n) is 1.59. The first kappa shape index (κ1) is 10.2. The number of carbonyl (C=O) groups excluding carboxylic acids is 1. The molecular formula is C8H11N5O. The Labute approximate surface area is 81.3 Å². The predicted octanol–water partition coefficient (Wildman–Crippen LogP) is 0.00260. The lowest BCUT2D eigenvalue weighted by Gasteiger charge is -2.02. The number of H-pyrrole nitrogens is 1. The molecule has 0 aromatic carbocycles. The molecule has 74 valence electrons. The molecule has 14 heavy (non-hydrogen) atoms. The number of rotatable bonds is 3. The first-order valence-electron chi connectivity index (χ1n) is 4.20. The van der Waals surface area contributed by atoms with Gasteiger partial charge in [-0.25, -0.2) is 4.98 Å². The number of aromatic nitrogens is 3. The van der Waals surface area contributed by atoms with Crippen LogP contribution in [0.1, 0.15) is 23.4 Å². The second-order valence-electron chi connectivity index (χ2n) is 2.98. The fraction of sp³-hybridized carbons (Fsp3) is 0.500. The van der Waals surface area contributed by atoms with Gasteiger partial charge in [-0.05, 0) is 13.8 Å². The standard InChI is InChI=1S/C8H11N5O/c1-5(3-9)4-10-8(14)7-11-6(2)12-13-7/h5H,4H2,1-2H3,(H,10,14)(H,11,12,13). The molecule has 0 radical (unpaired) electrons. The maximum Gasteiger partial charge on any atom is 0.290 e. The van der Waals surface area contributed by atoms with Gasteiger partial charge in [-0.2, -0.15) is 5.26 Å². The summed E-state index contributed by atoms with van der Waals surface area (Å²) in [6.45, 7) is 3.74. The second-order valence-corrected chi connectivity index (χ2v) is 2.98. The van der Waals surface area contributed by atoms with Crippen molar-refractivity contribution in [2.75, 3.05) is 6.54 Å². The van der Waals surface area contributed by atoms with Crippen LogP contribution in [0.5, 0.6) is 0 Å². The molecule has 0 spiro atoms. The van der Waals surface area contributed by atoms with Gasteiger partial charge >= 0.3 is 0 Å². The molecule has 1 amide bonds. The number of aromatic amines is 1. The van der Waals surface area contributed by atoms with Gasteiger partial charge in [-0.15, -0.1) is 5.10 Å². The van der Waals surface area contributed by atoms with Crippen LogP contribution in [0.2, 0.25) is 0 Å². The molecule has 0 aliphatic carbocycles. The van der Waals surface area contributed by atoms with E-state index in [0.29, 0.717) is 12.4 Å². The fourth-order valence-corrected chi connectivity index (χ4v) is 0.815. The summed E-state index contributed by atoms with van der Waals surface area (Å²) in [5.41, 5.74) is 0. The van der Waals surface area contributed by atoms with Crippen molar-refractivity contribution in [3.63, 3.8) is 0 Å². The van der Waals surface area contributed by atoms with Crippen LogP contribution >= 0.6 is 0 Å². The maximum absolute atomic E-state index is 11.3. The van der Waals surface area contributed by atoms with Crippen molar-refractivity contribution in [3.8, 4) is 6.07 Å². The van der Waals surface area contributed by atoms with Gasteiger partial charge in [0.15, 0.2) is 0 Å². The normalized spacial score (nSPS) is 11.8. The molecule has 0 saturated heterocycles. The third-order valence-corrected chi connectivity index (χ3v) is 1.59. The van der Waals surface area contributed by atoms with Crippen molar-refractivity contribution in [1.82, 2.24) is 20.5 Å². The monoisotopic (exact) mass is 193 g/mol. The molecule has 2 N–H and O–H groups in total. The molecule has 1 unspecified atom stereocenters. The zero-order valence-corrected chi connectivity index (χ0v) is 8.03. The Hall–Kier alpha value is -1.90. The molecule has 0 bridgehead atoms. The highest BCUT2D eigenvalue weighted by molar-refractivity contribution is 5.90. The first-order chi connectivity index (χ1) is 6.63. The number of hydrogen-bond acceptors (Lipinski definition) is 4. The molecule has 1 rings (SSSR count). The Kier molecular flexibility index (Phi) is 3.18. The van der Waals surface area contributed by atoms with Crippen molar-refractivity contribution in [1.29, 1.82) is 5.26 Å². The SMILES string of the molecule is Cc1nc(C(=O)NCC(C)C#N)n[nH]1. The summed E-state index contributed by atoms with van der Waals surface area (Å²) in [6, 6.07) is 2.01. The minimum Gasteiger partial charge on any atom is -0.348 e. The lowest BCUT2D eigenvalue weighted by molar-refractivity contribution is 0.0940. The summed E-state index contributed by atoms with van der Waals surface area (Å²) in [6.07, 6.45) is 0. The van der Waals surface area contributed by atoms with E-state index in [4.69, 9.17) is 5.26 Å². The van der Waals surface area contributed by atoms with Gasteiger partial charge in [0, 0.05) is 6.54 Å². The molecule has 6 nitrogen and oxygen atoms in total. The average Bonchev–Trinajstić information content (AvgIpc) is 2.60. The van der Waals surface area contributed by atoms with Crippen molar-refractivity contribution in [3.05, 3.63) is 11.6 Å². The second kappa shape index (κ2) is 4.37. The number of nitrogens with one attached hydrogen (secondary N) is 2. The lowest BCUT2D eigenvalue weighted by Crippen LogP contribution is -2.28. The molecule has 1 aromatic rings. The Balaban J connectivity index is 2.48. The molecular weight excluding hydrogens is 182 g/mol. The van der Waals surface area contributed by atoms with Gasteiger partial charge in [-0.1, -0.05) is 0 Å². The fourth-order valence-electron chi connectivity index (χ4n) is 0.815. The summed E-state index contributed by atoms with van der Waals surface area (Å²) in [4.78, 5) is 15.2. The van der Waals surface area contributed by atoms with Crippen molar-refractivity contribution in [2.45, 2.75) is 13.8 Å². The zero-order valence-electron chi connectivity index (χ0n) is 8.03. The van der Waals surface area contributed by atoms with Crippen LogP contribution in [0, 0.1) is 24.2 Å². The predicted molar refractivity (Wildman–Crippen MR) is 48.2 cm³/mol. The molecule has 1 aromatic heterocycles. The average molecular weight is 193 g/mol. The highest BCUT2D eigenvalue weighted by Gasteiger charge is 2.11. The van der Waals surface area contributed by atoms with E-state index < -0.39 is 0 Å². The zero-order chi connectivity index (χ0) is 10.6. The Morgan fingerprint density at radius 3 is 3.00 bits per heavy atom. The summed E-state index contributed by atoms with van der Waals surface area (Å²) in [5.74, 6) is 0.117. The van der Waals surface area contributed by atoms with Crippen LogP contribution in [0.3, 0.4) is 0 Å². The minimum absolute atomic E-state index is 0.104. The molecule has 1 heterocycles. The van der Waals surface area contributed by atoms with Gasteiger partial charge in [0.1, 0.15) is 5.82 Å². The Bertz CT molecular complexity index is 364. The van der Waals surface area contributed by atoms with Crippen LogP contribution in [0.15, 0.2) is 0 Å². The van der Waals surface area contributed by atoms with Crippen LogP contribution in [-0.4, -0.2) is 27.6 Å². The van der Waals surface area contributed by atoms with Gasteiger partial charge < -0.3 is 5.32 Å². The smallest absolute Gasteiger partial charge is 0.290 e. The third kappa shape index (κ3) is 2.55. The number of amides is 1. The molecule has 1 atom stereocenters. The van der Waals surface area contributed by atoms with E-state index in [1.807, 2.05) is 6.07 Å². The number of nitrogens with zero attached hydrogens (tertiary/aromatic N) is 3. The largest absolute Gasteiger partial charge is 0.348 e. The van der Waals surface area contributed by atoms with Gasteiger partial charge in [-0.3, -0.25) is 9.89 Å². The van der Waals surface area contributed by atoms with Crippen LogP contribution < -0.4 is 5.32 Å². The summed E-state index contributed by atoms with van der Waals surface area (Å²) in [5, 5.41) is 17.3. The highest BCUT2D eigenvalue weighted by Crippen LogP contribution is 1.92. The summed E-state index contributed by atoms with van der Waals surface area (Å²) < 4.78 is 0.